The van der Waals surface area contributed by atoms with Crippen molar-refractivity contribution in [1.29, 1.82) is 0 Å². The number of ether oxygens (including phenoxy) is 1. The van der Waals surface area contributed by atoms with E-state index in [1.807, 2.05) is 0 Å². The van der Waals surface area contributed by atoms with Gasteiger partial charge in [-0.15, -0.1) is 13.2 Å². The van der Waals surface area contributed by atoms with Crippen molar-refractivity contribution in [3.63, 3.8) is 0 Å². The quantitative estimate of drug-likeness (QED) is 0.447. The molecule has 2 aromatic heterocycles. The first-order valence-electron chi connectivity index (χ1n) is 8.92. The number of alkyl halides is 3. The third-order valence-corrected chi connectivity index (χ3v) is 4.85. The molecule has 3 aromatic rings. The van der Waals surface area contributed by atoms with Gasteiger partial charge >= 0.3 is 41.9 Å². The Morgan fingerprint density at radius 1 is 1.39 bits per heavy atom. The van der Waals surface area contributed by atoms with Crippen LogP contribution in [-0.2, 0) is 0 Å². The first-order valence-corrected chi connectivity index (χ1v) is 9.33. The van der Waals surface area contributed by atoms with Crippen LogP contribution in [-0.4, -0.2) is 37.0 Å². The molecule has 0 atom stereocenters. The number of carboxylic acid groups (broad SMARTS) is 1. The molecular weight excluding hydrogens is 444 g/mol. The van der Waals surface area contributed by atoms with Gasteiger partial charge in [0.15, 0.2) is 5.69 Å². The Morgan fingerprint density at radius 3 is 2.68 bits per heavy atom. The molecule has 0 bridgehead atoms. The largest absolute Gasteiger partial charge is 1.00 e. The predicted molar refractivity (Wildman–Crippen MR) is 104 cm³/mol. The van der Waals surface area contributed by atoms with Gasteiger partial charge in [-0.1, -0.05) is 24.4 Å². The van der Waals surface area contributed by atoms with E-state index < -0.39 is 18.1 Å². The van der Waals surface area contributed by atoms with E-state index in [2.05, 4.69) is 19.7 Å². The molecular formula is C19H16F3N4NaO3S. The Balaban J connectivity index is 0.00000181. The number of carboxylic acids is 1. The molecule has 2 N–H and O–H groups in total. The van der Waals surface area contributed by atoms with Crippen molar-refractivity contribution in [2.24, 2.45) is 0 Å². The second-order valence-corrected chi connectivity index (χ2v) is 7.23. The molecule has 1 aliphatic carbocycles. The van der Waals surface area contributed by atoms with Crippen LogP contribution in [0.1, 0.15) is 36.6 Å². The number of imidazole rings is 1. The topological polar surface area (TPSA) is 93.0 Å². The van der Waals surface area contributed by atoms with E-state index in [0.29, 0.717) is 17.0 Å². The van der Waals surface area contributed by atoms with Gasteiger partial charge in [0.1, 0.15) is 27.7 Å². The van der Waals surface area contributed by atoms with Gasteiger partial charge in [0.2, 0.25) is 0 Å². The molecule has 1 aromatic carbocycles. The van der Waals surface area contributed by atoms with Crippen LogP contribution in [0.25, 0.3) is 22.6 Å². The van der Waals surface area contributed by atoms with E-state index in [-0.39, 0.29) is 58.9 Å². The smallest absolute Gasteiger partial charge is 1.00 e. The van der Waals surface area contributed by atoms with Crippen molar-refractivity contribution in [1.82, 2.24) is 19.5 Å². The molecule has 0 amide bonds. The molecule has 31 heavy (non-hydrogen) atoms. The number of aromatic nitrogens is 4. The first kappa shape index (κ1) is 23.5. The first-order chi connectivity index (χ1) is 14.1. The van der Waals surface area contributed by atoms with E-state index in [4.69, 9.17) is 12.2 Å². The maximum atomic E-state index is 12.6. The predicted octanol–water partition coefficient (Wildman–Crippen LogP) is 2.03. The van der Waals surface area contributed by atoms with Gasteiger partial charge in [0, 0.05) is 17.8 Å². The summed E-state index contributed by atoms with van der Waals surface area (Å²) in [6.45, 7) is 1.71. The summed E-state index contributed by atoms with van der Waals surface area (Å²) in [7, 11) is 0. The number of aromatic carboxylic acids is 1. The van der Waals surface area contributed by atoms with Gasteiger partial charge < -0.3 is 20.8 Å². The number of nitrogens with zero attached hydrogens (tertiary/aromatic N) is 3. The molecule has 2 heterocycles. The summed E-state index contributed by atoms with van der Waals surface area (Å²) in [6, 6.07) is 5.17. The molecule has 1 saturated carbocycles. The van der Waals surface area contributed by atoms with Gasteiger partial charge in [-0.25, -0.2) is 14.8 Å². The second kappa shape index (κ2) is 8.73. The molecule has 1 aliphatic rings. The average molecular weight is 460 g/mol. The molecule has 1 fully saturated rings. The van der Waals surface area contributed by atoms with Crippen LogP contribution in [0.5, 0.6) is 5.75 Å². The fourth-order valence-electron chi connectivity index (χ4n) is 3.20. The molecule has 12 heteroatoms. The van der Waals surface area contributed by atoms with E-state index in [1.165, 1.54) is 24.4 Å². The van der Waals surface area contributed by atoms with Crippen LogP contribution in [0.4, 0.5) is 13.2 Å². The second-order valence-electron chi connectivity index (χ2n) is 6.83. The number of carbonyl (C=O) groups is 1. The minimum atomic E-state index is -4.84. The number of aromatic amines is 1. The Bertz CT molecular complexity index is 1210. The van der Waals surface area contributed by atoms with E-state index in [1.54, 1.807) is 17.6 Å². The third-order valence-electron chi connectivity index (χ3n) is 4.53. The van der Waals surface area contributed by atoms with Gasteiger partial charge in [-0.3, -0.25) is 0 Å². The fraction of sp³-hybridized carbons (Fsp3) is 0.263. The number of aryl methyl sites for hydroxylation is 1. The van der Waals surface area contributed by atoms with Crippen LogP contribution in [0.15, 0.2) is 30.5 Å². The van der Waals surface area contributed by atoms with Crippen LogP contribution in [0.2, 0.25) is 0 Å². The molecule has 4 rings (SSSR count). The van der Waals surface area contributed by atoms with Crippen molar-refractivity contribution in [3.05, 3.63) is 46.6 Å². The summed E-state index contributed by atoms with van der Waals surface area (Å²) >= 11 is 5.32. The summed E-state index contributed by atoms with van der Waals surface area (Å²) in [5.41, 5.74) is 0.656. The minimum Gasteiger partial charge on any atom is -1.00 e. The third kappa shape index (κ3) is 5.00. The monoisotopic (exact) mass is 460 g/mol. The molecule has 0 spiro atoms. The van der Waals surface area contributed by atoms with Crippen molar-refractivity contribution >= 4 is 18.2 Å². The minimum absolute atomic E-state index is 0. The number of hydrogen-bond acceptors (Lipinski definition) is 5. The Morgan fingerprint density at radius 2 is 2.10 bits per heavy atom. The van der Waals surface area contributed by atoms with Crippen molar-refractivity contribution in [3.8, 4) is 28.4 Å². The van der Waals surface area contributed by atoms with Crippen molar-refractivity contribution < 1.29 is 58.8 Å². The van der Waals surface area contributed by atoms with Crippen LogP contribution in [0.3, 0.4) is 0 Å². The van der Waals surface area contributed by atoms with Gasteiger partial charge in [-0.05, 0) is 31.9 Å². The van der Waals surface area contributed by atoms with Gasteiger partial charge in [0.05, 0.1) is 5.56 Å². The zero-order chi connectivity index (χ0) is 21.6. The Labute approximate surface area is 203 Å². The average Bonchev–Trinajstić information content (AvgIpc) is 3.40. The number of nitrogens with one attached hydrogen (secondary N) is 1. The standard InChI is InChI=1S/C19H15F3N4O3S.Na.H/c1-9-23-8-13(17(30)24-9)14-15(18(27)28)26(11-5-6-11)16(25-14)10-3-2-4-12(7-10)29-19(20,21)22;;/h2-4,7-8,11H,5-6H2,1H3,(H,27,28)(H,23,24,30);;/q;+1;-1. The number of benzene rings is 1. The zero-order valence-electron chi connectivity index (χ0n) is 17.5. The number of rotatable bonds is 5. The molecule has 0 unspecified atom stereocenters. The maximum Gasteiger partial charge on any atom is 1.00 e. The van der Waals surface area contributed by atoms with Crippen LogP contribution < -0.4 is 34.3 Å². The summed E-state index contributed by atoms with van der Waals surface area (Å²) < 4.78 is 43.7. The van der Waals surface area contributed by atoms with Crippen LogP contribution in [0, 0.1) is 11.6 Å². The van der Waals surface area contributed by atoms with Crippen molar-refractivity contribution in [2.45, 2.75) is 32.2 Å². The van der Waals surface area contributed by atoms with E-state index in [9.17, 15) is 23.1 Å². The van der Waals surface area contributed by atoms with Gasteiger partial charge in [-0.2, -0.15) is 0 Å². The normalized spacial score (nSPS) is 13.5. The molecule has 0 saturated heterocycles. The zero-order valence-corrected chi connectivity index (χ0v) is 19.3. The van der Waals surface area contributed by atoms with E-state index in [0.717, 1.165) is 12.8 Å². The number of H-pyrrole nitrogens is 1. The SMILES string of the molecule is Cc1ncc(-c2nc(-c3cccc(OC(F)(F)F)c3)n(C3CC3)c2C(=O)O)c(=S)[nH]1.[H-].[Na+]. The Hall–Kier alpha value is -2.21. The Kier molecular flexibility index (Phi) is 6.61. The molecule has 0 aliphatic heterocycles. The van der Waals surface area contributed by atoms with Crippen LogP contribution >= 0.6 is 12.2 Å². The molecule has 158 valence electrons. The summed E-state index contributed by atoms with van der Waals surface area (Å²) in [6.07, 6.45) is -1.93. The maximum absolute atomic E-state index is 12.6. The molecule has 0 radical (unpaired) electrons. The molecule has 7 nitrogen and oxygen atoms in total. The summed E-state index contributed by atoms with van der Waals surface area (Å²) in [5, 5.41) is 9.90. The summed E-state index contributed by atoms with van der Waals surface area (Å²) in [5.74, 6) is -0.849. The van der Waals surface area contributed by atoms with Crippen molar-refractivity contribution in [2.75, 3.05) is 0 Å². The summed E-state index contributed by atoms with van der Waals surface area (Å²) in [4.78, 5) is 23.6. The number of hydrogen-bond donors (Lipinski definition) is 2. The van der Waals surface area contributed by atoms with E-state index >= 15 is 0 Å². The number of halogens is 3. The van der Waals surface area contributed by atoms with Gasteiger partial charge in [0.25, 0.3) is 0 Å². The fourth-order valence-corrected chi connectivity index (χ4v) is 3.50.